The van der Waals surface area contributed by atoms with E-state index in [0.29, 0.717) is 11.3 Å². The lowest BCUT2D eigenvalue weighted by atomic mass is 10.0. The second kappa shape index (κ2) is 8.37. The molecule has 1 aliphatic rings. The van der Waals surface area contributed by atoms with Gasteiger partial charge in [0, 0.05) is 36.3 Å². The SMILES string of the molecule is COc1cccc(C(=O)NC2CCN(Cc3ccc(Cl)cc3)CC2)c1. The number of ether oxygens (including phenoxy) is 1. The van der Waals surface area contributed by atoms with E-state index < -0.39 is 0 Å². The molecule has 0 bridgehead atoms. The number of carbonyl (C=O) groups excluding carboxylic acids is 1. The van der Waals surface area contributed by atoms with Gasteiger partial charge < -0.3 is 10.1 Å². The molecule has 1 saturated heterocycles. The summed E-state index contributed by atoms with van der Waals surface area (Å²) in [6.45, 7) is 2.88. The molecule has 1 heterocycles. The third-order valence-electron chi connectivity index (χ3n) is 4.57. The highest BCUT2D eigenvalue weighted by Crippen LogP contribution is 2.17. The average molecular weight is 359 g/mol. The summed E-state index contributed by atoms with van der Waals surface area (Å²) in [7, 11) is 1.60. The normalized spacial score (nSPS) is 15.8. The Morgan fingerprint density at radius 2 is 1.92 bits per heavy atom. The van der Waals surface area contributed by atoms with Gasteiger partial charge in [0.05, 0.1) is 7.11 Å². The van der Waals surface area contributed by atoms with E-state index in [9.17, 15) is 4.79 Å². The lowest BCUT2D eigenvalue weighted by Gasteiger charge is -2.32. The average Bonchev–Trinajstić information content (AvgIpc) is 2.65. The Hall–Kier alpha value is -2.04. The van der Waals surface area contributed by atoms with Gasteiger partial charge in [0.25, 0.3) is 5.91 Å². The van der Waals surface area contributed by atoms with E-state index in [1.165, 1.54) is 5.56 Å². The predicted octanol–water partition coefficient (Wildman–Crippen LogP) is 3.74. The first-order valence-electron chi connectivity index (χ1n) is 8.56. The summed E-state index contributed by atoms with van der Waals surface area (Å²) in [5.74, 6) is 0.667. The van der Waals surface area contributed by atoms with Crippen molar-refractivity contribution < 1.29 is 9.53 Å². The molecular formula is C20H23ClN2O2. The summed E-state index contributed by atoms with van der Waals surface area (Å²) >= 11 is 5.93. The standard InChI is InChI=1S/C20H23ClN2O2/c1-25-19-4-2-3-16(13-19)20(24)22-18-9-11-23(12-10-18)14-15-5-7-17(21)8-6-15/h2-8,13,18H,9-12,14H2,1H3,(H,22,24). The Morgan fingerprint density at radius 3 is 2.60 bits per heavy atom. The summed E-state index contributed by atoms with van der Waals surface area (Å²) in [4.78, 5) is 14.8. The molecule has 1 amide bonds. The molecule has 2 aromatic carbocycles. The number of nitrogens with zero attached hydrogens (tertiary/aromatic N) is 1. The monoisotopic (exact) mass is 358 g/mol. The van der Waals surface area contributed by atoms with Gasteiger partial charge in [-0.1, -0.05) is 29.8 Å². The molecule has 25 heavy (non-hydrogen) atoms. The number of hydrogen-bond acceptors (Lipinski definition) is 3. The number of piperidine rings is 1. The summed E-state index contributed by atoms with van der Waals surface area (Å²) in [6.07, 6.45) is 1.92. The topological polar surface area (TPSA) is 41.6 Å². The van der Waals surface area contributed by atoms with Gasteiger partial charge in [-0.15, -0.1) is 0 Å². The van der Waals surface area contributed by atoms with E-state index in [1.54, 1.807) is 13.2 Å². The zero-order valence-electron chi connectivity index (χ0n) is 14.4. The highest BCUT2D eigenvalue weighted by atomic mass is 35.5. The third-order valence-corrected chi connectivity index (χ3v) is 4.83. The molecule has 0 atom stereocenters. The van der Waals surface area contributed by atoms with E-state index in [0.717, 1.165) is 37.5 Å². The number of hydrogen-bond donors (Lipinski definition) is 1. The van der Waals surface area contributed by atoms with Crippen molar-refractivity contribution in [3.8, 4) is 5.75 Å². The smallest absolute Gasteiger partial charge is 0.251 e. The van der Waals surface area contributed by atoms with Gasteiger partial charge in [0.1, 0.15) is 5.75 Å². The number of amides is 1. The molecule has 0 spiro atoms. The number of methoxy groups -OCH3 is 1. The fraction of sp³-hybridized carbons (Fsp3) is 0.350. The van der Waals surface area contributed by atoms with Crippen LogP contribution in [0.3, 0.4) is 0 Å². The molecule has 0 aromatic heterocycles. The van der Waals surface area contributed by atoms with Crippen molar-refractivity contribution in [1.82, 2.24) is 10.2 Å². The number of rotatable bonds is 5. The van der Waals surface area contributed by atoms with Gasteiger partial charge in [-0.05, 0) is 48.7 Å². The fourth-order valence-electron chi connectivity index (χ4n) is 3.12. The van der Waals surface area contributed by atoms with Crippen LogP contribution in [0.15, 0.2) is 48.5 Å². The molecule has 0 radical (unpaired) electrons. The molecule has 2 aromatic rings. The molecule has 5 heteroatoms. The maximum Gasteiger partial charge on any atom is 0.251 e. The molecule has 3 rings (SSSR count). The highest BCUT2D eigenvalue weighted by molar-refractivity contribution is 6.30. The summed E-state index contributed by atoms with van der Waals surface area (Å²) < 4.78 is 5.18. The van der Waals surface area contributed by atoms with Gasteiger partial charge in [-0.2, -0.15) is 0 Å². The minimum Gasteiger partial charge on any atom is -0.497 e. The van der Waals surface area contributed by atoms with Crippen LogP contribution < -0.4 is 10.1 Å². The van der Waals surface area contributed by atoms with E-state index in [1.807, 2.05) is 30.3 Å². The predicted molar refractivity (Wildman–Crippen MR) is 100 cm³/mol. The van der Waals surface area contributed by atoms with Crippen LogP contribution in [0.5, 0.6) is 5.75 Å². The highest BCUT2D eigenvalue weighted by Gasteiger charge is 2.21. The van der Waals surface area contributed by atoms with Gasteiger partial charge in [-0.25, -0.2) is 0 Å². The summed E-state index contributed by atoms with van der Waals surface area (Å²) in [6, 6.07) is 15.5. The first-order chi connectivity index (χ1) is 12.1. The molecule has 1 N–H and O–H groups in total. The largest absolute Gasteiger partial charge is 0.497 e. The Balaban J connectivity index is 1.48. The van der Waals surface area contributed by atoms with Crippen LogP contribution in [-0.2, 0) is 6.54 Å². The van der Waals surface area contributed by atoms with Crippen molar-refractivity contribution in [3.05, 3.63) is 64.7 Å². The zero-order chi connectivity index (χ0) is 17.6. The van der Waals surface area contributed by atoms with Crippen LogP contribution in [0, 0.1) is 0 Å². The van der Waals surface area contributed by atoms with Crippen molar-refractivity contribution in [2.75, 3.05) is 20.2 Å². The van der Waals surface area contributed by atoms with E-state index in [-0.39, 0.29) is 11.9 Å². The van der Waals surface area contributed by atoms with Crippen molar-refractivity contribution >= 4 is 17.5 Å². The van der Waals surface area contributed by atoms with Gasteiger partial charge >= 0.3 is 0 Å². The molecule has 0 unspecified atom stereocenters. The number of halogens is 1. The van der Waals surface area contributed by atoms with E-state index >= 15 is 0 Å². The first-order valence-corrected chi connectivity index (χ1v) is 8.93. The fourth-order valence-corrected chi connectivity index (χ4v) is 3.24. The minimum atomic E-state index is -0.0324. The van der Waals surface area contributed by atoms with Gasteiger partial charge in [0.15, 0.2) is 0 Å². The number of likely N-dealkylation sites (tertiary alicyclic amines) is 1. The second-order valence-corrected chi connectivity index (χ2v) is 6.82. The number of carbonyl (C=O) groups is 1. The lowest BCUT2D eigenvalue weighted by Crippen LogP contribution is -2.44. The Morgan fingerprint density at radius 1 is 1.20 bits per heavy atom. The Bertz CT molecular complexity index is 710. The van der Waals surface area contributed by atoms with Crippen molar-refractivity contribution in [1.29, 1.82) is 0 Å². The molecule has 0 aliphatic carbocycles. The van der Waals surface area contributed by atoms with Crippen LogP contribution in [0.25, 0.3) is 0 Å². The summed E-state index contributed by atoms with van der Waals surface area (Å²) in [5.41, 5.74) is 1.91. The second-order valence-electron chi connectivity index (χ2n) is 6.38. The summed E-state index contributed by atoms with van der Waals surface area (Å²) in [5, 5.41) is 3.91. The van der Waals surface area contributed by atoms with Crippen LogP contribution in [0.2, 0.25) is 5.02 Å². The van der Waals surface area contributed by atoms with Crippen molar-refractivity contribution in [3.63, 3.8) is 0 Å². The Kier molecular flexibility index (Phi) is 5.95. The van der Waals surface area contributed by atoms with Gasteiger partial charge in [0.2, 0.25) is 0 Å². The molecule has 1 aliphatic heterocycles. The quantitative estimate of drug-likeness (QED) is 0.885. The molecule has 1 fully saturated rings. The molecular weight excluding hydrogens is 336 g/mol. The molecule has 4 nitrogen and oxygen atoms in total. The van der Waals surface area contributed by atoms with Crippen molar-refractivity contribution in [2.24, 2.45) is 0 Å². The minimum absolute atomic E-state index is 0.0324. The number of nitrogens with one attached hydrogen (secondary N) is 1. The van der Waals surface area contributed by atoms with E-state index in [4.69, 9.17) is 16.3 Å². The van der Waals surface area contributed by atoms with Crippen LogP contribution >= 0.6 is 11.6 Å². The van der Waals surface area contributed by atoms with Crippen molar-refractivity contribution in [2.45, 2.75) is 25.4 Å². The number of benzene rings is 2. The van der Waals surface area contributed by atoms with Gasteiger partial charge in [-0.3, -0.25) is 9.69 Å². The first kappa shape index (κ1) is 17.8. The molecule has 0 saturated carbocycles. The van der Waals surface area contributed by atoms with Crippen LogP contribution in [-0.4, -0.2) is 37.0 Å². The Labute approximate surface area is 153 Å². The molecule has 132 valence electrons. The van der Waals surface area contributed by atoms with Crippen LogP contribution in [0.4, 0.5) is 0 Å². The zero-order valence-corrected chi connectivity index (χ0v) is 15.1. The maximum absolute atomic E-state index is 12.4. The maximum atomic E-state index is 12.4. The van der Waals surface area contributed by atoms with Crippen LogP contribution in [0.1, 0.15) is 28.8 Å². The lowest BCUT2D eigenvalue weighted by molar-refractivity contribution is 0.0908. The third kappa shape index (κ3) is 4.97. The van der Waals surface area contributed by atoms with E-state index in [2.05, 4.69) is 22.3 Å².